The maximum absolute atomic E-state index is 12.4. The van der Waals surface area contributed by atoms with E-state index in [-0.39, 0.29) is 5.91 Å². The molecule has 4 rings (SSSR count). The summed E-state index contributed by atoms with van der Waals surface area (Å²) in [7, 11) is 0. The number of amides is 1. The molecule has 0 aliphatic rings. The van der Waals surface area contributed by atoms with E-state index in [2.05, 4.69) is 15.3 Å². The van der Waals surface area contributed by atoms with Gasteiger partial charge in [-0.05, 0) is 42.5 Å². The number of benzene rings is 2. The highest BCUT2D eigenvalue weighted by Gasteiger charge is 2.10. The zero-order chi connectivity index (χ0) is 18.6. The van der Waals surface area contributed by atoms with Gasteiger partial charge in [0.05, 0.1) is 11.4 Å². The highest BCUT2D eigenvalue weighted by Crippen LogP contribution is 2.29. The number of anilines is 1. The maximum Gasteiger partial charge on any atom is 0.255 e. The number of rotatable bonds is 4. The van der Waals surface area contributed by atoms with Crippen molar-refractivity contribution in [1.29, 1.82) is 0 Å². The smallest absolute Gasteiger partial charge is 0.255 e. The SMILES string of the molecule is O=C(Nc1cccc(-c2csc(-c3ccccn3)n2)c1)c1cccc(Cl)c1. The van der Waals surface area contributed by atoms with Gasteiger partial charge in [0.1, 0.15) is 5.01 Å². The molecule has 27 heavy (non-hydrogen) atoms. The van der Waals surface area contributed by atoms with Gasteiger partial charge in [-0.15, -0.1) is 11.3 Å². The zero-order valence-corrected chi connectivity index (χ0v) is 15.7. The van der Waals surface area contributed by atoms with Crippen LogP contribution >= 0.6 is 22.9 Å². The summed E-state index contributed by atoms with van der Waals surface area (Å²) in [4.78, 5) is 21.4. The molecule has 1 amide bonds. The monoisotopic (exact) mass is 391 g/mol. The number of carbonyl (C=O) groups is 1. The quantitative estimate of drug-likeness (QED) is 0.480. The lowest BCUT2D eigenvalue weighted by Gasteiger charge is -2.07. The summed E-state index contributed by atoms with van der Waals surface area (Å²) in [5.41, 5.74) is 3.83. The van der Waals surface area contributed by atoms with Crippen LogP contribution in [0.3, 0.4) is 0 Å². The molecule has 0 unspecified atom stereocenters. The summed E-state index contributed by atoms with van der Waals surface area (Å²) in [6, 6.07) is 20.2. The van der Waals surface area contributed by atoms with E-state index < -0.39 is 0 Å². The Morgan fingerprint density at radius 2 is 1.85 bits per heavy atom. The second-order valence-electron chi connectivity index (χ2n) is 5.80. The Bertz CT molecular complexity index is 1100. The molecule has 2 heterocycles. The van der Waals surface area contributed by atoms with E-state index in [1.807, 2.05) is 47.8 Å². The highest BCUT2D eigenvalue weighted by atomic mass is 35.5. The first-order chi connectivity index (χ1) is 13.2. The van der Waals surface area contributed by atoms with Crippen molar-refractivity contribution in [2.45, 2.75) is 0 Å². The van der Waals surface area contributed by atoms with Gasteiger partial charge in [0.25, 0.3) is 5.91 Å². The van der Waals surface area contributed by atoms with E-state index in [4.69, 9.17) is 11.6 Å². The molecule has 6 heteroatoms. The van der Waals surface area contributed by atoms with E-state index in [0.717, 1.165) is 22.0 Å². The predicted molar refractivity (Wildman–Crippen MR) is 110 cm³/mol. The van der Waals surface area contributed by atoms with Crippen LogP contribution in [0.15, 0.2) is 78.3 Å². The molecule has 0 fully saturated rings. The van der Waals surface area contributed by atoms with Crippen LogP contribution in [0.1, 0.15) is 10.4 Å². The van der Waals surface area contributed by atoms with Crippen LogP contribution in [-0.4, -0.2) is 15.9 Å². The van der Waals surface area contributed by atoms with Gasteiger partial charge in [-0.1, -0.05) is 35.9 Å². The summed E-state index contributed by atoms with van der Waals surface area (Å²) in [6.07, 6.45) is 1.75. The van der Waals surface area contributed by atoms with Gasteiger partial charge in [0.15, 0.2) is 0 Å². The van der Waals surface area contributed by atoms with Crippen LogP contribution in [0, 0.1) is 0 Å². The average molecular weight is 392 g/mol. The van der Waals surface area contributed by atoms with Crippen molar-refractivity contribution in [2.24, 2.45) is 0 Å². The van der Waals surface area contributed by atoms with E-state index in [1.165, 1.54) is 0 Å². The van der Waals surface area contributed by atoms with E-state index in [9.17, 15) is 4.79 Å². The Morgan fingerprint density at radius 3 is 2.67 bits per heavy atom. The number of halogens is 1. The summed E-state index contributed by atoms with van der Waals surface area (Å²) in [6.45, 7) is 0. The van der Waals surface area contributed by atoms with Crippen molar-refractivity contribution >= 4 is 34.5 Å². The third kappa shape index (κ3) is 4.05. The summed E-state index contributed by atoms with van der Waals surface area (Å²) >= 11 is 7.50. The minimum Gasteiger partial charge on any atom is -0.322 e. The van der Waals surface area contributed by atoms with Crippen molar-refractivity contribution in [2.75, 3.05) is 5.32 Å². The Kier molecular flexibility index (Phi) is 4.96. The van der Waals surface area contributed by atoms with Crippen LogP contribution in [0.5, 0.6) is 0 Å². The molecular formula is C21H14ClN3OS. The number of hydrogen-bond acceptors (Lipinski definition) is 4. The number of nitrogens with one attached hydrogen (secondary N) is 1. The maximum atomic E-state index is 12.4. The summed E-state index contributed by atoms with van der Waals surface area (Å²) < 4.78 is 0. The molecule has 0 atom stereocenters. The van der Waals surface area contributed by atoms with Crippen molar-refractivity contribution < 1.29 is 4.79 Å². The standard InChI is InChI=1S/C21H14ClN3OS/c22-16-7-3-6-15(11-16)20(26)24-17-8-4-5-14(12-17)19-13-27-21(25-19)18-9-1-2-10-23-18/h1-13H,(H,24,26). The molecule has 4 aromatic rings. The minimum absolute atomic E-state index is 0.206. The van der Waals surface area contributed by atoms with Gasteiger partial charge in [-0.25, -0.2) is 4.98 Å². The molecular weight excluding hydrogens is 378 g/mol. The Labute approximate surface area is 165 Å². The normalized spacial score (nSPS) is 10.6. The summed E-state index contributed by atoms with van der Waals surface area (Å²) in [5, 5.41) is 6.28. The first-order valence-corrected chi connectivity index (χ1v) is 9.49. The van der Waals surface area contributed by atoms with Gasteiger partial charge < -0.3 is 5.32 Å². The van der Waals surface area contributed by atoms with Gasteiger partial charge in [0.2, 0.25) is 0 Å². The molecule has 132 valence electrons. The topological polar surface area (TPSA) is 54.9 Å². The Morgan fingerprint density at radius 1 is 0.963 bits per heavy atom. The van der Waals surface area contributed by atoms with Crippen molar-refractivity contribution in [3.8, 4) is 22.0 Å². The largest absolute Gasteiger partial charge is 0.322 e. The second-order valence-corrected chi connectivity index (χ2v) is 7.09. The molecule has 0 radical (unpaired) electrons. The second kappa shape index (κ2) is 7.70. The average Bonchev–Trinajstić information content (AvgIpc) is 3.19. The number of hydrogen-bond donors (Lipinski definition) is 1. The molecule has 1 N–H and O–H groups in total. The Balaban J connectivity index is 1.56. The third-order valence-electron chi connectivity index (χ3n) is 3.89. The van der Waals surface area contributed by atoms with Crippen molar-refractivity contribution in [3.63, 3.8) is 0 Å². The fourth-order valence-corrected chi connectivity index (χ4v) is 3.60. The van der Waals surface area contributed by atoms with Crippen molar-refractivity contribution in [1.82, 2.24) is 9.97 Å². The molecule has 0 aliphatic heterocycles. The third-order valence-corrected chi connectivity index (χ3v) is 4.99. The molecule has 0 aliphatic carbocycles. The van der Waals surface area contributed by atoms with Crippen LogP contribution in [-0.2, 0) is 0 Å². The molecule has 0 saturated carbocycles. The first-order valence-electron chi connectivity index (χ1n) is 8.23. The Hall–Kier alpha value is -3.02. The molecule has 4 nitrogen and oxygen atoms in total. The fraction of sp³-hybridized carbons (Fsp3) is 0. The number of pyridine rings is 1. The number of carbonyl (C=O) groups excluding carboxylic acids is 1. The lowest BCUT2D eigenvalue weighted by molar-refractivity contribution is 0.102. The van der Waals surface area contributed by atoms with Gasteiger partial charge in [-0.2, -0.15) is 0 Å². The van der Waals surface area contributed by atoms with E-state index >= 15 is 0 Å². The van der Waals surface area contributed by atoms with E-state index in [0.29, 0.717) is 16.3 Å². The lowest BCUT2D eigenvalue weighted by Crippen LogP contribution is -2.11. The number of nitrogens with zero attached hydrogens (tertiary/aromatic N) is 2. The first kappa shape index (κ1) is 17.4. The molecule has 2 aromatic heterocycles. The van der Waals surface area contributed by atoms with E-state index in [1.54, 1.807) is 41.8 Å². The van der Waals surface area contributed by atoms with Gasteiger partial charge in [0, 0.05) is 33.4 Å². The fourth-order valence-electron chi connectivity index (χ4n) is 2.60. The number of thiazole rings is 1. The van der Waals surface area contributed by atoms with Crippen molar-refractivity contribution in [3.05, 3.63) is 88.9 Å². The predicted octanol–water partition coefficient (Wildman–Crippen LogP) is 5.78. The van der Waals surface area contributed by atoms with Crippen LogP contribution in [0.2, 0.25) is 5.02 Å². The molecule has 2 aromatic carbocycles. The lowest BCUT2D eigenvalue weighted by atomic mass is 10.1. The highest BCUT2D eigenvalue weighted by molar-refractivity contribution is 7.13. The van der Waals surface area contributed by atoms with Gasteiger partial charge >= 0.3 is 0 Å². The van der Waals surface area contributed by atoms with Crippen LogP contribution in [0.4, 0.5) is 5.69 Å². The van der Waals surface area contributed by atoms with Crippen LogP contribution in [0.25, 0.3) is 22.0 Å². The molecule has 0 saturated heterocycles. The minimum atomic E-state index is -0.206. The zero-order valence-electron chi connectivity index (χ0n) is 14.1. The van der Waals surface area contributed by atoms with Crippen LogP contribution < -0.4 is 5.32 Å². The number of aromatic nitrogens is 2. The van der Waals surface area contributed by atoms with Gasteiger partial charge in [-0.3, -0.25) is 9.78 Å². The molecule has 0 spiro atoms. The molecule has 0 bridgehead atoms. The summed E-state index contributed by atoms with van der Waals surface area (Å²) in [5.74, 6) is -0.206.